The molecule has 1 aromatic heterocycles. The summed E-state index contributed by atoms with van der Waals surface area (Å²) in [5, 5.41) is 14.7. The monoisotopic (exact) mass is 313 g/mol. The Balaban J connectivity index is 2.09. The van der Waals surface area contributed by atoms with E-state index in [9.17, 15) is 0 Å². The van der Waals surface area contributed by atoms with Gasteiger partial charge < -0.3 is 15.4 Å². The molecule has 20 heavy (non-hydrogen) atoms. The zero-order chi connectivity index (χ0) is 14.4. The number of halogens is 2. The maximum absolute atomic E-state index is 6.09. The van der Waals surface area contributed by atoms with Crippen molar-refractivity contribution in [3.63, 3.8) is 0 Å². The molecule has 2 rings (SSSR count). The zero-order valence-corrected chi connectivity index (χ0v) is 12.2. The van der Waals surface area contributed by atoms with Gasteiger partial charge >= 0.3 is 0 Å². The van der Waals surface area contributed by atoms with Gasteiger partial charge in [0.2, 0.25) is 5.95 Å². The molecule has 1 aromatic carbocycles. The van der Waals surface area contributed by atoms with E-state index in [1.54, 1.807) is 25.3 Å². The lowest BCUT2D eigenvalue weighted by Crippen LogP contribution is -2.11. The maximum Gasteiger partial charge on any atom is 0.244 e. The Morgan fingerprint density at radius 1 is 1.30 bits per heavy atom. The van der Waals surface area contributed by atoms with Crippen LogP contribution in [-0.2, 0) is 4.74 Å². The van der Waals surface area contributed by atoms with E-state index in [1.807, 2.05) is 0 Å². The summed E-state index contributed by atoms with van der Waals surface area (Å²) in [6, 6.07) is 5.31. The van der Waals surface area contributed by atoms with Crippen molar-refractivity contribution >= 4 is 40.7 Å². The van der Waals surface area contributed by atoms with Crippen molar-refractivity contribution in [1.82, 2.24) is 15.2 Å². The fourth-order valence-electron chi connectivity index (χ4n) is 1.44. The lowest BCUT2D eigenvalue weighted by molar-refractivity contribution is 0.210. The lowest BCUT2D eigenvalue weighted by Gasteiger charge is -2.09. The number of methoxy groups -OCH3 is 1. The second kappa shape index (κ2) is 7.23. The minimum atomic E-state index is 0.408. The molecule has 0 bridgehead atoms. The fourth-order valence-corrected chi connectivity index (χ4v) is 1.79. The highest BCUT2D eigenvalue weighted by Gasteiger charge is 2.06. The molecule has 0 amide bonds. The molecular weight excluding hydrogens is 301 g/mol. The minimum Gasteiger partial charge on any atom is -0.383 e. The number of nitrogens with one attached hydrogen (secondary N) is 2. The van der Waals surface area contributed by atoms with E-state index in [2.05, 4.69) is 25.8 Å². The molecule has 0 aliphatic rings. The maximum atomic E-state index is 6.09. The molecule has 2 N–H and O–H groups in total. The average Bonchev–Trinajstić information content (AvgIpc) is 2.45. The van der Waals surface area contributed by atoms with Crippen LogP contribution in [-0.4, -0.2) is 35.4 Å². The zero-order valence-electron chi connectivity index (χ0n) is 10.7. The summed E-state index contributed by atoms with van der Waals surface area (Å²) in [6.45, 7) is 1.15. The van der Waals surface area contributed by atoms with Gasteiger partial charge in [-0.3, -0.25) is 0 Å². The van der Waals surface area contributed by atoms with E-state index >= 15 is 0 Å². The molecule has 0 saturated heterocycles. The second-order valence-corrected chi connectivity index (χ2v) is 4.60. The number of benzene rings is 1. The number of rotatable bonds is 6. The van der Waals surface area contributed by atoms with Crippen LogP contribution in [0.1, 0.15) is 0 Å². The molecule has 0 aliphatic heterocycles. The SMILES string of the molecule is COCCNc1nncc(Nc2cccc(Cl)c2Cl)n1. The molecule has 0 saturated carbocycles. The largest absolute Gasteiger partial charge is 0.383 e. The Bertz CT molecular complexity index is 582. The van der Waals surface area contributed by atoms with Gasteiger partial charge in [-0.15, -0.1) is 5.10 Å². The fraction of sp³-hybridized carbons (Fsp3) is 0.250. The molecule has 1 heterocycles. The molecule has 0 fully saturated rings. The normalized spacial score (nSPS) is 10.3. The van der Waals surface area contributed by atoms with Gasteiger partial charge in [0.25, 0.3) is 0 Å². The van der Waals surface area contributed by atoms with Crippen molar-refractivity contribution in [1.29, 1.82) is 0 Å². The summed E-state index contributed by atoms with van der Waals surface area (Å²) in [5.41, 5.74) is 0.655. The first-order valence-electron chi connectivity index (χ1n) is 5.84. The van der Waals surface area contributed by atoms with Crippen molar-refractivity contribution in [2.45, 2.75) is 0 Å². The molecular formula is C12H13Cl2N5O. The van der Waals surface area contributed by atoms with Crippen LogP contribution in [0.4, 0.5) is 17.5 Å². The quantitative estimate of drug-likeness (QED) is 0.799. The van der Waals surface area contributed by atoms with Gasteiger partial charge in [0, 0.05) is 13.7 Å². The van der Waals surface area contributed by atoms with Crippen LogP contribution >= 0.6 is 23.2 Å². The van der Waals surface area contributed by atoms with E-state index in [0.717, 1.165) is 0 Å². The third-order valence-electron chi connectivity index (χ3n) is 2.36. The second-order valence-electron chi connectivity index (χ2n) is 3.81. The molecule has 0 unspecified atom stereocenters. The highest BCUT2D eigenvalue weighted by molar-refractivity contribution is 6.43. The summed E-state index contributed by atoms with van der Waals surface area (Å²) in [4.78, 5) is 4.26. The van der Waals surface area contributed by atoms with Crippen molar-refractivity contribution in [3.05, 3.63) is 34.4 Å². The molecule has 6 nitrogen and oxygen atoms in total. The van der Waals surface area contributed by atoms with E-state index < -0.39 is 0 Å². The Morgan fingerprint density at radius 2 is 2.15 bits per heavy atom. The number of hydrogen-bond donors (Lipinski definition) is 2. The van der Waals surface area contributed by atoms with Crippen LogP contribution < -0.4 is 10.6 Å². The summed E-state index contributed by atoms with van der Waals surface area (Å²) >= 11 is 12.0. The van der Waals surface area contributed by atoms with Gasteiger partial charge in [-0.2, -0.15) is 10.1 Å². The topological polar surface area (TPSA) is 72.0 Å². The van der Waals surface area contributed by atoms with E-state index in [0.29, 0.717) is 40.7 Å². The van der Waals surface area contributed by atoms with Gasteiger partial charge in [0.05, 0.1) is 28.5 Å². The van der Waals surface area contributed by atoms with Crippen molar-refractivity contribution in [2.24, 2.45) is 0 Å². The molecule has 0 radical (unpaired) electrons. The van der Waals surface area contributed by atoms with E-state index in [1.165, 1.54) is 6.20 Å². The predicted octanol–water partition coefficient (Wildman–Crippen LogP) is 2.98. The first-order valence-corrected chi connectivity index (χ1v) is 6.60. The lowest BCUT2D eigenvalue weighted by atomic mass is 10.3. The number of ether oxygens (including phenoxy) is 1. The molecule has 0 spiro atoms. The minimum absolute atomic E-state index is 0.408. The summed E-state index contributed by atoms with van der Waals surface area (Å²) < 4.78 is 4.93. The molecule has 106 valence electrons. The summed E-state index contributed by atoms with van der Waals surface area (Å²) in [6.07, 6.45) is 1.50. The van der Waals surface area contributed by atoms with Crippen LogP contribution in [0.25, 0.3) is 0 Å². The smallest absolute Gasteiger partial charge is 0.244 e. The third kappa shape index (κ3) is 3.93. The van der Waals surface area contributed by atoms with E-state index in [-0.39, 0.29) is 0 Å². The van der Waals surface area contributed by atoms with Gasteiger partial charge in [-0.05, 0) is 12.1 Å². The highest BCUT2D eigenvalue weighted by atomic mass is 35.5. The summed E-state index contributed by atoms with van der Waals surface area (Å²) in [7, 11) is 1.62. The van der Waals surface area contributed by atoms with Crippen LogP contribution in [0.5, 0.6) is 0 Å². The number of hydrogen-bond acceptors (Lipinski definition) is 6. The van der Waals surface area contributed by atoms with Gasteiger partial charge in [-0.25, -0.2) is 0 Å². The van der Waals surface area contributed by atoms with Crippen molar-refractivity contribution in [3.8, 4) is 0 Å². The molecule has 0 aliphatic carbocycles. The molecule has 8 heteroatoms. The van der Waals surface area contributed by atoms with Gasteiger partial charge in [-0.1, -0.05) is 29.3 Å². The van der Waals surface area contributed by atoms with Crippen LogP contribution in [0.3, 0.4) is 0 Å². The summed E-state index contributed by atoms with van der Waals surface area (Å²) in [5.74, 6) is 0.925. The predicted molar refractivity (Wildman–Crippen MR) is 79.9 cm³/mol. The Kier molecular flexibility index (Phi) is 5.34. The van der Waals surface area contributed by atoms with Crippen LogP contribution in [0.2, 0.25) is 10.0 Å². The van der Waals surface area contributed by atoms with Crippen molar-refractivity contribution < 1.29 is 4.74 Å². The molecule has 2 aromatic rings. The first kappa shape index (κ1) is 14.8. The molecule has 0 atom stereocenters. The first-order chi connectivity index (χ1) is 9.70. The number of nitrogens with zero attached hydrogens (tertiary/aromatic N) is 3. The highest BCUT2D eigenvalue weighted by Crippen LogP contribution is 2.31. The van der Waals surface area contributed by atoms with Gasteiger partial charge in [0.15, 0.2) is 5.82 Å². The standard InChI is InChI=1S/C12H13Cl2N5O/c1-20-6-5-15-12-18-10(7-16-19-12)17-9-4-2-3-8(13)11(9)14/h2-4,7H,5-6H2,1H3,(H2,15,17,18,19). The Morgan fingerprint density at radius 3 is 2.95 bits per heavy atom. The van der Waals surface area contributed by atoms with Crippen LogP contribution in [0, 0.1) is 0 Å². The Labute approximate surface area is 126 Å². The van der Waals surface area contributed by atoms with Gasteiger partial charge in [0.1, 0.15) is 0 Å². The van der Waals surface area contributed by atoms with Crippen molar-refractivity contribution in [2.75, 3.05) is 30.9 Å². The third-order valence-corrected chi connectivity index (χ3v) is 3.18. The average molecular weight is 314 g/mol. The number of aromatic nitrogens is 3. The Hall–Kier alpha value is -1.63. The van der Waals surface area contributed by atoms with Crippen LogP contribution in [0.15, 0.2) is 24.4 Å². The van der Waals surface area contributed by atoms with E-state index in [4.69, 9.17) is 27.9 Å². The number of anilines is 3.